The van der Waals surface area contributed by atoms with Gasteiger partial charge in [-0.15, -0.1) is 0 Å². The number of hydrogen-bond acceptors (Lipinski definition) is 5. The number of urea groups is 1. The van der Waals surface area contributed by atoms with Gasteiger partial charge >= 0.3 is 12.0 Å². The number of nitrogens with two attached hydrogens (primary N) is 1. The maximum absolute atomic E-state index is 11.1. The number of ether oxygens (including phenoxy) is 1. The summed E-state index contributed by atoms with van der Waals surface area (Å²) in [6.07, 6.45) is 0. The summed E-state index contributed by atoms with van der Waals surface area (Å²) in [5, 5.41) is 21.4. The lowest BCUT2D eigenvalue weighted by Gasteiger charge is -2.12. The van der Waals surface area contributed by atoms with Gasteiger partial charge in [0.15, 0.2) is 6.04 Å². The van der Waals surface area contributed by atoms with Crippen molar-refractivity contribution in [3.63, 3.8) is 0 Å². The number of carboxylic acids is 1. The van der Waals surface area contributed by atoms with Crippen LogP contribution in [0.2, 0.25) is 0 Å². The van der Waals surface area contributed by atoms with E-state index in [0.29, 0.717) is 0 Å². The van der Waals surface area contributed by atoms with Crippen molar-refractivity contribution in [1.82, 2.24) is 10.6 Å². The third-order valence-electron chi connectivity index (χ3n) is 1.56. The van der Waals surface area contributed by atoms with Crippen molar-refractivity contribution in [3.8, 4) is 0 Å². The van der Waals surface area contributed by atoms with Crippen molar-refractivity contribution in [2.45, 2.75) is 6.04 Å². The number of carbonyl (C=O) groups is 3. The molecule has 0 heterocycles. The highest BCUT2D eigenvalue weighted by molar-refractivity contribution is 5.82. The van der Waals surface area contributed by atoms with Crippen LogP contribution in [0.15, 0.2) is 0 Å². The predicted molar refractivity (Wildman–Crippen MR) is 55.1 cm³/mol. The summed E-state index contributed by atoms with van der Waals surface area (Å²) in [6.45, 7) is -0.817. The molecule has 0 aromatic carbocycles. The summed E-state index contributed by atoms with van der Waals surface area (Å²) >= 11 is 0. The van der Waals surface area contributed by atoms with Gasteiger partial charge in [-0.05, 0) is 0 Å². The number of primary amides is 1. The lowest BCUT2D eigenvalue weighted by Crippen LogP contribution is -2.48. The second kappa shape index (κ2) is 8.30. The standard InChI is InChI=1S/C8H15N3O6/c9-6(13)4-17-2-1-10-8(16)11-5(3-12)7(14)15/h5,12H,1-4H2,(H2,9,13)(H,14,15)(H2,10,11,16). The Morgan fingerprint density at radius 3 is 2.47 bits per heavy atom. The first-order valence-electron chi connectivity index (χ1n) is 4.71. The molecular formula is C8H15N3O6. The number of carbonyl (C=O) groups excluding carboxylic acids is 2. The van der Waals surface area contributed by atoms with Gasteiger partial charge in [0.1, 0.15) is 6.61 Å². The maximum atomic E-state index is 11.1. The Kier molecular flexibility index (Phi) is 7.39. The molecule has 0 aliphatic carbocycles. The number of carboxylic acid groups (broad SMARTS) is 1. The zero-order valence-electron chi connectivity index (χ0n) is 9.01. The van der Waals surface area contributed by atoms with E-state index >= 15 is 0 Å². The van der Waals surface area contributed by atoms with Crippen molar-refractivity contribution in [3.05, 3.63) is 0 Å². The van der Waals surface area contributed by atoms with Crippen molar-refractivity contribution < 1.29 is 29.3 Å². The van der Waals surface area contributed by atoms with Gasteiger partial charge in [0, 0.05) is 6.54 Å². The van der Waals surface area contributed by atoms with Crippen LogP contribution in [0.5, 0.6) is 0 Å². The second-order valence-corrected chi connectivity index (χ2v) is 2.99. The molecule has 0 spiro atoms. The zero-order chi connectivity index (χ0) is 13.3. The molecule has 1 unspecified atom stereocenters. The Morgan fingerprint density at radius 1 is 1.35 bits per heavy atom. The zero-order valence-corrected chi connectivity index (χ0v) is 9.01. The van der Waals surface area contributed by atoms with Crippen LogP contribution in [0.1, 0.15) is 0 Å². The van der Waals surface area contributed by atoms with E-state index in [4.69, 9.17) is 20.7 Å². The SMILES string of the molecule is NC(=O)COCCNC(=O)NC(CO)C(=O)O. The fourth-order valence-electron chi connectivity index (χ4n) is 0.804. The fourth-order valence-corrected chi connectivity index (χ4v) is 0.804. The maximum Gasteiger partial charge on any atom is 0.328 e. The number of aliphatic hydroxyl groups is 1. The molecule has 1 atom stereocenters. The van der Waals surface area contributed by atoms with Gasteiger partial charge in [-0.2, -0.15) is 0 Å². The Labute approximate surface area is 96.9 Å². The highest BCUT2D eigenvalue weighted by Gasteiger charge is 2.17. The third kappa shape index (κ3) is 7.99. The second-order valence-electron chi connectivity index (χ2n) is 2.99. The summed E-state index contributed by atoms with van der Waals surface area (Å²) in [6, 6.07) is -2.12. The van der Waals surface area contributed by atoms with Crippen LogP contribution < -0.4 is 16.4 Å². The molecule has 9 nitrogen and oxygen atoms in total. The predicted octanol–water partition coefficient (Wildman–Crippen LogP) is -2.77. The first-order chi connectivity index (χ1) is 7.97. The van der Waals surface area contributed by atoms with Gasteiger partial charge < -0.3 is 31.3 Å². The van der Waals surface area contributed by atoms with Crippen molar-refractivity contribution in [2.24, 2.45) is 5.73 Å². The van der Waals surface area contributed by atoms with Crippen LogP contribution in [0, 0.1) is 0 Å². The van der Waals surface area contributed by atoms with Crippen LogP contribution >= 0.6 is 0 Å². The lowest BCUT2D eigenvalue weighted by atomic mass is 10.3. The Bertz CT molecular complexity index is 282. The highest BCUT2D eigenvalue weighted by Crippen LogP contribution is 1.82. The quantitative estimate of drug-likeness (QED) is 0.294. The van der Waals surface area contributed by atoms with E-state index in [9.17, 15) is 14.4 Å². The molecule has 98 valence electrons. The molecule has 0 aromatic heterocycles. The van der Waals surface area contributed by atoms with Crippen LogP contribution in [0.4, 0.5) is 4.79 Å². The molecule has 0 fully saturated rings. The van der Waals surface area contributed by atoms with Gasteiger partial charge in [0.25, 0.3) is 0 Å². The Balaban J connectivity index is 3.65. The normalized spacial score (nSPS) is 11.6. The largest absolute Gasteiger partial charge is 0.480 e. The molecule has 0 bridgehead atoms. The molecule has 6 N–H and O–H groups in total. The summed E-state index contributed by atoms with van der Waals surface area (Å²) in [4.78, 5) is 31.8. The summed E-state index contributed by atoms with van der Waals surface area (Å²) < 4.78 is 4.74. The molecule has 0 aliphatic heterocycles. The van der Waals surface area contributed by atoms with Gasteiger partial charge in [-0.25, -0.2) is 9.59 Å². The van der Waals surface area contributed by atoms with E-state index in [-0.39, 0.29) is 19.8 Å². The van der Waals surface area contributed by atoms with E-state index in [1.807, 2.05) is 5.32 Å². The van der Waals surface area contributed by atoms with Crippen LogP contribution in [0.3, 0.4) is 0 Å². The van der Waals surface area contributed by atoms with E-state index in [0.717, 1.165) is 0 Å². The molecule has 3 amide bonds. The van der Waals surface area contributed by atoms with E-state index in [1.165, 1.54) is 0 Å². The van der Waals surface area contributed by atoms with Gasteiger partial charge in [0.05, 0.1) is 13.2 Å². The van der Waals surface area contributed by atoms with Gasteiger partial charge in [-0.1, -0.05) is 0 Å². The molecule has 0 aliphatic rings. The number of nitrogens with one attached hydrogen (secondary N) is 2. The van der Waals surface area contributed by atoms with Gasteiger partial charge in [0.2, 0.25) is 5.91 Å². The monoisotopic (exact) mass is 249 g/mol. The number of amides is 3. The average molecular weight is 249 g/mol. The molecule has 0 radical (unpaired) electrons. The minimum atomic E-state index is -1.36. The molecule has 9 heteroatoms. The smallest absolute Gasteiger partial charge is 0.328 e. The lowest BCUT2D eigenvalue weighted by molar-refractivity contribution is -0.140. The number of aliphatic carboxylic acids is 1. The number of rotatable bonds is 8. The average Bonchev–Trinajstić information content (AvgIpc) is 2.24. The summed E-state index contributed by atoms with van der Waals surface area (Å²) in [5.74, 6) is -1.96. The molecular weight excluding hydrogens is 234 g/mol. The van der Waals surface area contributed by atoms with E-state index in [2.05, 4.69) is 5.32 Å². The molecule has 0 saturated heterocycles. The highest BCUT2D eigenvalue weighted by atomic mass is 16.5. The van der Waals surface area contributed by atoms with Crippen LogP contribution in [-0.2, 0) is 14.3 Å². The first-order valence-corrected chi connectivity index (χ1v) is 4.71. The van der Waals surface area contributed by atoms with Crippen LogP contribution in [0.25, 0.3) is 0 Å². The molecule has 17 heavy (non-hydrogen) atoms. The van der Waals surface area contributed by atoms with E-state index in [1.54, 1.807) is 0 Å². The topological polar surface area (TPSA) is 151 Å². The van der Waals surface area contributed by atoms with Crippen molar-refractivity contribution in [1.29, 1.82) is 0 Å². The fraction of sp³-hybridized carbons (Fsp3) is 0.625. The van der Waals surface area contributed by atoms with E-state index < -0.39 is 30.6 Å². The third-order valence-corrected chi connectivity index (χ3v) is 1.56. The minimum Gasteiger partial charge on any atom is -0.480 e. The number of hydrogen-bond donors (Lipinski definition) is 5. The van der Waals surface area contributed by atoms with Gasteiger partial charge in [-0.3, -0.25) is 4.79 Å². The Morgan fingerprint density at radius 2 is 2.00 bits per heavy atom. The van der Waals surface area contributed by atoms with Crippen LogP contribution in [-0.4, -0.2) is 60.5 Å². The van der Waals surface area contributed by atoms with Crippen molar-refractivity contribution >= 4 is 17.9 Å². The van der Waals surface area contributed by atoms with Crippen molar-refractivity contribution in [2.75, 3.05) is 26.4 Å². The first kappa shape index (κ1) is 15.1. The molecule has 0 rings (SSSR count). The summed E-state index contributed by atoms with van der Waals surface area (Å²) in [7, 11) is 0. The summed E-state index contributed by atoms with van der Waals surface area (Å²) in [5.41, 5.74) is 4.80. The number of aliphatic hydroxyl groups excluding tert-OH is 1. The molecule has 0 aromatic rings. The minimum absolute atomic E-state index is 0.0627. The Hall–Kier alpha value is -1.87. The molecule has 0 saturated carbocycles.